The Morgan fingerprint density at radius 2 is 0.394 bits per heavy atom. The van der Waals surface area contributed by atoms with E-state index >= 15 is 0 Å². The topological polar surface area (TPSA) is 0 Å². The smallest absolute Gasteiger partial charge is 0.00262 e. The highest BCUT2D eigenvalue weighted by molar-refractivity contribution is 6.23. The van der Waals surface area contributed by atoms with Gasteiger partial charge in [0.05, 0.1) is 0 Å². The van der Waals surface area contributed by atoms with E-state index < -0.39 is 0 Å². The minimum Gasteiger partial charge on any atom is -0.0622 e. The Hall–Kier alpha value is -12.7. The monoisotopic (exact) mass is 1250 g/mol. The van der Waals surface area contributed by atoms with Crippen LogP contribution in [-0.4, -0.2) is 0 Å². The number of fused-ring (bicyclic) bond motifs is 8. The molecule has 0 radical (unpaired) electrons. The summed E-state index contributed by atoms with van der Waals surface area (Å²) in [5.74, 6) is 0. The molecule has 0 bridgehead atoms. The zero-order valence-electron chi connectivity index (χ0n) is 54.9. The third-order valence-corrected chi connectivity index (χ3v) is 20.4. The molecule has 0 aliphatic heterocycles. The van der Waals surface area contributed by atoms with Crippen molar-refractivity contribution in [2.75, 3.05) is 0 Å². The maximum absolute atomic E-state index is 2.36. The van der Waals surface area contributed by atoms with Crippen molar-refractivity contribution in [1.82, 2.24) is 0 Å². The van der Waals surface area contributed by atoms with Crippen LogP contribution in [-0.2, 0) is 0 Å². The van der Waals surface area contributed by atoms with Crippen LogP contribution in [0, 0.1) is 6.92 Å². The lowest BCUT2D eigenvalue weighted by molar-refractivity contribution is 1.49. The second-order valence-corrected chi connectivity index (χ2v) is 26.2. The Morgan fingerprint density at radius 1 is 0.131 bits per heavy atom. The standard InChI is InChI=1S/C52H34.C47H32/c1-2-14-36(15-3-1)45-32-31-37-16-6-7-20-44(37)50(45)38-26-28-39(29-27-38)51-46-21-8-10-23-48(46)52(49-24-11-9-22-47(49)51)43-19-12-18-41(34-43)42-30-25-35-13-4-5-17-40(35)33-42;1-31-21-22-33-12-4-5-16-40(33)45(31)34-24-26-35(27-25-34)46-41-17-6-8-19-43(41)47(44-20-9-7-18-42(44)46)39-15-10-14-37(30-39)38-28-23-32-11-2-3-13-36(32)29-38/h1-34H;2-30H,1H3. The highest BCUT2D eigenvalue weighted by Crippen LogP contribution is 2.48. The van der Waals surface area contributed by atoms with Gasteiger partial charge >= 0.3 is 0 Å². The fourth-order valence-corrected chi connectivity index (χ4v) is 15.8. The molecule has 0 unspecified atom stereocenters. The molecule has 19 aromatic rings. The SMILES string of the molecule is Cc1ccc2ccccc2c1-c1ccc(-c2c3ccccc3c(-c3cccc(-c4ccc5ccccc5c4)c3)c3ccccc23)cc1.c1ccc(-c2ccc3ccccc3c2-c2ccc(-c3c4ccccc4c(-c4cccc(-c5ccc6ccccc6c5)c4)c4ccccc34)cc2)cc1. The number of aryl methyl sites for hydroxylation is 1. The Balaban J connectivity index is 0.000000144. The lowest BCUT2D eigenvalue weighted by Gasteiger charge is -2.19. The van der Waals surface area contributed by atoms with Crippen molar-refractivity contribution in [3.63, 3.8) is 0 Å². The molecule has 462 valence electrons. The van der Waals surface area contributed by atoms with Crippen LogP contribution < -0.4 is 0 Å². The molecule has 99 heavy (non-hydrogen) atoms. The van der Waals surface area contributed by atoms with Crippen LogP contribution in [0.25, 0.3) is 186 Å². The van der Waals surface area contributed by atoms with E-state index in [1.54, 1.807) is 0 Å². The third kappa shape index (κ3) is 10.7. The van der Waals surface area contributed by atoms with E-state index in [4.69, 9.17) is 0 Å². The number of hydrogen-bond donors (Lipinski definition) is 0. The molecule has 0 saturated carbocycles. The number of benzene rings is 19. The molecule has 0 aliphatic carbocycles. The second kappa shape index (κ2) is 25.1. The van der Waals surface area contributed by atoms with Crippen LogP contribution in [0.2, 0.25) is 0 Å². The molecule has 0 nitrogen and oxygen atoms in total. The molecule has 0 fully saturated rings. The summed E-state index contributed by atoms with van der Waals surface area (Å²) in [6.45, 7) is 2.21. The largest absolute Gasteiger partial charge is 0.0622 e. The van der Waals surface area contributed by atoms with Crippen LogP contribution in [0.3, 0.4) is 0 Å². The summed E-state index contributed by atoms with van der Waals surface area (Å²) in [5, 5.41) is 20.2. The Kier molecular flexibility index (Phi) is 14.9. The highest BCUT2D eigenvalue weighted by atomic mass is 14.2. The first-order valence-corrected chi connectivity index (χ1v) is 34.4. The summed E-state index contributed by atoms with van der Waals surface area (Å²) >= 11 is 0. The molecule has 0 aromatic heterocycles. The lowest BCUT2D eigenvalue weighted by atomic mass is 9.84. The average Bonchev–Trinajstić information content (AvgIpc) is 0.748. The van der Waals surface area contributed by atoms with E-state index in [0.29, 0.717) is 0 Å². The minimum absolute atomic E-state index is 1.22. The van der Waals surface area contributed by atoms with E-state index in [1.165, 1.54) is 192 Å². The van der Waals surface area contributed by atoms with E-state index in [-0.39, 0.29) is 0 Å². The normalized spacial score (nSPS) is 11.5. The number of hydrogen-bond acceptors (Lipinski definition) is 0. The summed E-state index contributed by atoms with van der Waals surface area (Å²) in [5.41, 5.74) is 23.8. The summed E-state index contributed by atoms with van der Waals surface area (Å²) in [6, 6.07) is 140. The summed E-state index contributed by atoms with van der Waals surface area (Å²) in [4.78, 5) is 0. The molecule has 0 atom stereocenters. The van der Waals surface area contributed by atoms with Gasteiger partial charge in [0.15, 0.2) is 0 Å². The van der Waals surface area contributed by atoms with Crippen LogP contribution in [0.4, 0.5) is 0 Å². The molecule has 0 heterocycles. The third-order valence-electron chi connectivity index (χ3n) is 20.4. The van der Waals surface area contributed by atoms with Crippen LogP contribution in [0.1, 0.15) is 5.56 Å². The van der Waals surface area contributed by atoms with Crippen molar-refractivity contribution in [2.24, 2.45) is 0 Å². The fourth-order valence-electron chi connectivity index (χ4n) is 15.8. The molecular formula is C99H66. The molecule has 19 aromatic carbocycles. The van der Waals surface area contributed by atoms with Gasteiger partial charge < -0.3 is 0 Å². The summed E-state index contributed by atoms with van der Waals surface area (Å²) in [6.07, 6.45) is 0. The van der Waals surface area contributed by atoms with Gasteiger partial charge in [-0.15, -0.1) is 0 Å². The Bertz CT molecular complexity index is 6220. The van der Waals surface area contributed by atoms with Crippen molar-refractivity contribution in [3.8, 4) is 100 Å². The first kappa shape index (κ1) is 58.8. The first-order valence-electron chi connectivity index (χ1n) is 34.4. The van der Waals surface area contributed by atoms with Gasteiger partial charge in [0.1, 0.15) is 0 Å². The van der Waals surface area contributed by atoms with Gasteiger partial charge in [-0.2, -0.15) is 0 Å². The van der Waals surface area contributed by atoms with Gasteiger partial charge in [0, 0.05) is 0 Å². The van der Waals surface area contributed by atoms with Gasteiger partial charge in [0.2, 0.25) is 0 Å². The van der Waals surface area contributed by atoms with E-state index in [0.717, 1.165) is 0 Å². The van der Waals surface area contributed by atoms with E-state index in [2.05, 4.69) is 389 Å². The van der Waals surface area contributed by atoms with Gasteiger partial charge in [-0.05, 0) is 223 Å². The second-order valence-electron chi connectivity index (χ2n) is 26.2. The van der Waals surface area contributed by atoms with Crippen LogP contribution in [0.15, 0.2) is 382 Å². The van der Waals surface area contributed by atoms with Crippen molar-refractivity contribution in [1.29, 1.82) is 0 Å². The van der Waals surface area contributed by atoms with Crippen molar-refractivity contribution < 1.29 is 0 Å². The lowest BCUT2D eigenvalue weighted by Crippen LogP contribution is -1.92. The molecule has 0 heteroatoms. The average molecular weight is 1260 g/mol. The predicted molar refractivity (Wildman–Crippen MR) is 427 cm³/mol. The minimum atomic E-state index is 1.22. The van der Waals surface area contributed by atoms with Crippen molar-refractivity contribution >= 4 is 86.2 Å². The summed E-state index contributed by atoms with van der Waals surface area (Å²) < 4.78 is 0. The maximum atomic E-state index is 2.36. The van der Waals surface area contributed by atoms with Gasteiger partial charge in [-0.3, -0.25) is 0 Å². The number of rotatable bonds is 9. The van der Waals surface area contributed by atoms with Crippen LogP contribution in [0.5, 0.6) is 0 Å². The summed E-state index contributed by atoms with van der Waals surface area (Å²) in [7, 11) is 0. The maximum Gasteiger partial charge on any atom is -0.00262 e. The fraction of sp³-hybridized carbons (Fsp3) is 0.0101. The zero-order chi connectivity index (χ0) is 65.8. The molecular weight excluding hydrogens is 1190 g/mol. The first-order chi connectivity index (χ1) is 49.0. The van der Waals surface area contributed by atoms with Crippen LogP contribution >= 0.6 is 0 Å². The molecule has 19 rings (SSSR count). The molecule has 0 amide bonds. The molecule has 0 aliphatic rings. The van der Waals surface area contributed by atoms with Crippen molar-refractivity contribution in [2.45, 2.75) is 6.92 Å². The van der Waals surface area contributed by atoms with E-state index in [1.807, 2.05) is 0 Å². The van der Waals surface area contributed by atoms with Crippen molar-refractivity contribution in [3.05, 3.63) is 388 Å². The molecule has 0 N–H and O–H groups in total. The van der Waals surface area contributed by atoms with E-state index in [9.17, 15) is 0 Å². The van der Waals surface area contributed by atoms with Gasteiger partial charge in [0.25, 0.3) is 0 Å². The Morgan fingerprint density at radius 3 is 0.808 bits per heavy atom. The predicted octanol–water partition coefficient (Wildman–Crippen LogP) is 27.9. The zero-order valence-corrected chi connectivity index (χ0v) is 54.9. The highest BCUT2D eigenvalue weighted by Gasteiger charge is 2.21. The Labute approximate surface area is 577 Å². The van der Waals surface area contributed by atoms with Gasteiger partial charge in [-0.25, -0.2) is 0 Å². The molecule has 0 saturated heterocycles. The molecule has 0 spiro atoms. The quantitative estimate of drug-likeness (QED) is 0.126. The van der Waals surface area contributed by atoms with Gasteiger partial charge in [-0.1, -0.05) is 358 Å².